The maximum absolute atomic E-state index is 3.66. The minimum Gasteiger partial charge on any atom is -0.315 e. The van der Waals surface area contributed by atoms with Crippen molar-refractivity contribution in [2.75, 3.05) is 20.1 Å². The number of nitrogens with zero attached hydrogens (tertiary/aromatic N) is 1. The van der Waals surface area contributed by atoms with Gasteiger partial charge in [0.05, 0.1) is 0 Å². The number of rotatable bonds is 8. The van der Waals surface area contributed by atoms with Crippen molar-refractivity contribution in [3.8, 4) is 0 Å². The number of hydrogen-bond donors (Lipinski definition) is 1. The SMILES string of the molecule is CCN(CC)C(C)(CC)C(NC)C1CC1c1ccccc1. The first-order valence-corrected chi connectivity index (χ1v) is 8.59. The van der Waals surface area contributed by atoms with Crippen molar-refractivity contribution in [2.24, 2.45) is 5.92 Å². The molecule has 4 unspecified atom stereocenters. The van der Waals surface area contributed by atoms with E-state index < -0.39 is 0 Å². The first-order chi connectivity index (χ1) is 10.1. The zero-order chi connectivity index (χ0) is 15.5. The van der Waals surface area contributed by atoms with Crippen LogP contribution in [0.5, 0.6) is 0 Å². The first-order valence-electron chi connectivity index (χ1n) is 8.59. The summed E-state index contributed by atoms with van der Waals surface area (Å²) in [6.45, 7) is 11.6. The Morgan fingerprint density at radius 1 is 1.19 bits per heavy atom. The highest BCUT2D eigenvalue weighted by atomic mass is 15.2. The number of hydrogen-bond acceptors (Lipinski definition) is 2. The summed E-state index contributed by atoms with van der Waals surface area (Å²) in [6, 6.07) is 11.6. The van der Waals surface area contributed by atoms with Gasteiger partial charge in [-0.1, -0.05) is 51.1 Å². The fraction of sp³-hybridized carbons (Fsp3) is 0.684. The molecule has 2 rings (SSSR count). The average molecular weight is 288 g/mol. The van der Waals surface area contributed by atoms with Crippen LogP contribution < -0.4 is 5.32 Å². The number of benzene rings is 1. The molecule has 1 fully saturated rings. The lowest BCUT2D eigenvalue weighted by molar-refractivity contribution is 0.0638. The van der Waals surface area contributed by atoms with E-state index in [9.17, 15) is 0 Å². The fourth-order valence-electron chi connectivity index (χ4n) is 4.24. The molecule has 118 valence electrons. The predicted molar refractivity (Wildman–Crippen MR) is 91.8 cm³/mol. The van der Waals surface area contributed by atoms with Crippen molar-refractivity contribution >= 4 is 0 Å². The van der Waals surface area contributed by atoms with Gasteiger partial charge in [0, 0.05) is 11.6 Å². The lowest BCUT2D eigenvalue weighted by Crippen LogP contribution is -2.59. The van der Waals surface area contributed by atoms with Gasteiger partial charge in [0.1, 0.15) is 0 Å². The Labute approximate surface area is 130 Å². The smallest absolute Gasteiger partial charge is 0.0334 e. The molecule has 4 atom stereocenters. The molecular weight excluding hydrogens is 256 g/mol. The zero-order valence-electron chi connectivity index (χ0n) is 14.4. The van der Waals surface area contributed by atoms with Crippen LogP contribution in [-0.2, 0) is 0 Å². The van der Waals surface area contributed by atoms with E-state index in [-0.39, 0.29) is 5.54 Å². The van der Waals surface area contributed by atoms with E-state index in [1.165, 1.54) is 18.4 Å². The van der Waals surface area contributed by atoms with Gasteiger partial charge in [-0.25, -0.2) is 0 Å². The molecule has 1 aliphatic carbocycles. The second-order valence-electron chi connectivity index (χ2n) is 6.57. The molecular formula is C19H32N2. The summed E-state index contributed by atoms with van der Waals surface area (Å²) in [7, 11) is 2.14. The van der Waals surface area contributed by atoms with Crippen LogP contribution in [0.15, 0.2) is 30.3 Å². The molecule has 1 N–H and O–H groups in total. The fourth-order valence-corrected chi connectivity index (χ4v) is 4.24. The Bertz CT molecular complexity index is 426. The van der Waals surface area contributed by atoms with E-state index >= 15 is 0 Å². The largest absolute Gasteiger partial charge is 0.315 e. The van der Waals surface area contributed by atoms with Crippen molar-refractivity contribution in [2.45, 2.75) is 58.0 Å². The van der Waals surface area contributed by atoms with Crippen LogP contribution in [0.25, 0.3) is 0 Å². The second kappa shape index (κ2) is 6.93. The van der Waals surface area contributed by atoms with E-state index in [0.717, 1.165) is 24.9 Å². The Balaban J connectivity index is 2.16. The molecule has 1 aromatic rings. The third-order valence-electron chi connectivity index (χ3n) is 5.68. The third kappa shape index (κ3) is 3.17. The van der Waals surface area contributed by atoms with Crippen LogP contribution in [0, 0.1) is 5.92 Å². The van der Waals surface area contributed by atoms with Gasteiger partial charge in [-0.2, -0.15) is 0 Å². The van der Waals surface area contributed by atoms with Gasteiger partial charge in [0.25, 0.3) is 0 Å². The molecule has 0 aliphatic heterocycles. The molecule has 0 saturated heterocycles. The van der Waals surface area contributed by atoms with Crippen LogP contribution in [0.1, 0.15) is 52.0 Å². The Morgan fingerprint density at radius 3 is 2.29 bits per heavy atom. The summed E-state index contributed by atoms with van der Waals surface area (Å²) in [6.07, 6.45) is 2.52. The second-order valence-corrected chi connectivity index (χ2v) is 6.57. The van der Waals surface area contributed by atoms with Crippen LogP contribution >= 0.6 is 0 Å². The van der Waals surface area contributed by atoms with Crippen molar-refractivity contribution in [3.63, 3.8) is 0 Å². The summed E-state index contributed by atoms with van der Waals surface area (Å²) < 4.78 is 0. The lowest BCUT2D eigenvalue weighted by atomic mass is 9.83. The van der Waals surface area contributed by atoms with E-state index in [4.69, 9.17) is 0 Å². The molecule has 0 bridgehead atoms. The average Bonchev–Trinajstić information content (AvgIpc) is 3.30. The molecule has 1 saturated carbocycles. The minimum atomic E-state index is 0.243. The molecule has 0 aromatic heterocycles. The molecule has 0 spiro atoms. The minimum absolute atomic E-state index is 0.243. The van der Waals surface area contributed by atoms with E-state index in [2.05, 4.69) is 75.3 Å². The van der Waals surface area contributed by atoms with Crippen molar-refractivity contribution in [3.05, 3.63) is 35.9 Å². The highest BCUT2D eigenvalue weighted by Gasteiger charge is 2.50. The first kappa shape index (κ1) is 16.5. The molecule has 0 amide bonds. The molecule has 21 heavy (non-hydrogen) atoms. The topological polar surface area (TPSA) is 15.3 Å². The van der Waals surface area contributed by atoms with Crippen LogP contribution in [-0.4, -0.2) is 36.6 Å². The normalized spacial score (nSPS) is 25.6. The van der Waals surface area contributed by atoms with Crippen LogP contribution in [0.3, 0.4) is 0 Å². The van der Waals surface area contributed by atoms with E-state index in [0.29, 0.717) is 6.04 Å². The van der Waals surface area contributed by atoms with Gasteiger partial charge in [-0.15, -0.1) is 0 Å². The monoisotopic (exact) mass is 288 g/mol. The van der Waals surface area contributed by atoms with Crippen LogP contribution in [0.2, 0.25) is 0 Å². The lowest BCUT2D eigenvalue weighted by Gasteiger charge is -2.46. The summed E-state index contributed by atoms with van der Waals surface area (Å²) in [5.74, 6) is 1.51. The van der Waals surface area contributed by atoms with Gasteiger partial charge in [-0.3, -0.25) is 4.90 Å². The Kier molecular flexibility index (Phi) is 5.45. The molecule has 0 radical (unpaired) electrons. The summed E-state index contributed by atoms with van der Waals surface area (Å²) in [4.78, 5) is 2.63. The van der Waals surface area contributed by atoms with Gasteiger partial charge in [-0.05, 0) is 57.3 Å². The van der Waals surface area contributed by atoms with Crippen molar-refractivity contribution < 1.29 is 0 Å². The van der Waals surface area contributed by atoms with E-state index in [1.54, 1.807) is 0 Å². The quantitative estimate of drug-likeness (QED) is 0.781. The molecule has 1 aromatic carbocycles. The third-order valence-corrected chi connectivity index (χ3v) is 5.68. The number of nitrogens with one attached hydrogen (secondary N) is 1. The van der Waals surface area contributed by atoms with Crippen molar-refractivity contribution in [1.29, 1.82) is 0 Å². The standard InChI is InChI=1S/C19H32N2/c1-6-19(4,21(7-2)8-3)18(20-5)17-14-16(17)15-12-10-9-11-13-15/h9-13,16-18,20H,6-8,14H2,1-5H3. The summed E-state index contributed by atoms with van der Waals surface area (Å²) in [5.41, 5.74) is 1.76. The molecule has 2 heteroatoms. The highest BCUT2D eigenvalue weighted by molar-refractivity contribution is 5.28. The molecule has 2 nitrogen and oxygen atoms in total. The number of likely N-dealkylation sites (N-methyl/N-ethyl adjacent to an activating group) is 2. The van der Waals surface area contributed by atoms with Gasteiger partial charge in [0.2, 0.25) is 0 Å². The maximum Gasteiger partial charge on any atom is 0.0334 e. The predicted octanol–water partition coefficient (Wildman–Crippen LogP) is 3.89. The Morgan fingerprint density at radius 2 is 1.81 bits per heavy atom. The van der Waals surface area contributed by atoms with Gasteiger partial charge >= 0.3 is 0 Å². The maximum atomic E-state index is 3.66. The van der Waals surface area contributed by atoms with Gasteiger partial charge in [0.15, 0.2) is 0 Å². The Hall–Kier alpha value is -0.860. The molecule has 0 heterocycles. The van der Waals surface area contributed by atoms with E-state index in [1.807, 2.05) is 0 Å². The van der Waals surface area contributed by atoms with Gasteiger partial charge < -0.3 is 5.32 Å². The zero-order valence-corrected chi connectivity index (χ0v) is 14.4. The highest BCUT2D eigenvalue weighted by Crippen LogP contribution is 2.52. The summed E-state index contributed by atoms with van der Waals surface area (Å²) >= 11 is 0. The summed E-state index contributed by atoms with van der Waals surface area (Å²) in [5, 5.41) is 3.66. The van der Waals surface area contributed by atoms with Crippen LogP contribution in [0.4, 0.5) is 0 Å². The molecule has 1 aliphatic rings. The van der Waals surface area contributed by atoms with Crippen molar-refractivity contribution in [1.82, 2.24) is 10.2 Å².